The Morgan fingerprint density at radius 3 is 2.21 bits per heavy atom. The summed E-state index contributed by atoms with van der Waals surface area (Å²) in [6.07, 6.45) is -0.469. The molecule has 0 bridgehead atoms. The Bertz CT molecular complexity index is 296. The van der Waals surface area contributed by atoms with Gasteiger partial charge in [-0.05, 0) is 23.5 Å². The Kier molecular flexibility index (Phi) is 3.97. The van der Waals surface area contributed by atoms with Crippen LogP contribution >= 0.6 is 11.6 Å². The maximum atomic E-state index is 10.1. The lowest BCUT2D eigenvalue weighted by Gasteiger charge is -2.23. The van der Waals surface area contributed by atoms with Crippen LogP contribution in [0.5, 0.6) is 0 Å². The monoisotopic (exact) mass is 212 g/mol. The SMILES string of the molecule is CC(C)C(C)C(O)c1ccccc1Cl. The summed E-state index contributed by atoms with van der Waals surface area (Å²) in [6, 6.07) is 7.47. The molecule has 0 aromatic heterocycles. The summed E-state index contributed by atoms with van der Waals surface area (Å²) in [5, 5.41) is 10.7. The summed E-state index contributed by atoms with van der Waals surface area (Å²) in [6.45, 7) is 6.24. The van der Waals surface area contributed by atoms with Crippen LogP contribution in [0.3, 0.4) is 0 Å². The van der Waals surface area contributed by atoms with Gasteiger partial charge in [-0.3, -0.25) is 0 Å². The summed E-state index contributed by atoms with van der Waals surface area (Å²) in [5.41, 5.74) is 0.829. The molecule has 1 aromatic carbocycles. The molecule has 0 heterocycles. The van der Waals surface area contributed by atoms with Crippen molar-refractivity contribution >= 4 is 11.6 Å². The molecular weight excluding hydrogens is 196 g/mol. The zero-order chi connectivity index (χ0) is 10.7. The number of aliphatic hydroxyl groups excluding tert-OH is 1. The fraction of sp³-hybridized carbons (Fsp3) is 0.500. The lowest BCUT2D eigenvalue weighted by molar-refractivity contribution is 0.0922. The first-order valence-corrected chi connectivity index (χ1v) is 5.34. The molecule has 0 saturated heterocycles. The summed E-state index contributed by atoms with van der Waals surface area (Å²) in [5.74, 6) is 0.663. The first-order valence-electron chi connectivity index (χ1n) is 4.96. The van der Waals surface area contributed by atoms with Crippen LogP contribution in [0, 0.1) is 11.8 Å². The van der Waals surface area contributed by atoms with Gasteiger partial charge in [-0.1, -0.05) is 50.6 Å². The van der Waals surface area contributed by atoms with Crippen molar-refractivity contribution in [1.82, 2.24) is 0 Å². The highest BCUT2D eigenvalue weighted by atomic mass is 35.5. The highest BCUT2D eigenvalue weighted by Gasteiger charge is 2.20. The maximum Gasteiger partial charge on any atom is 0.0832 e. The molecule has 0 aliphatic carbocycles. The third kappa shape index (κ3) is 2.49. The first-order chi connectivity index (χ1) is 6.54. The second kappa shape index (κ2) is 4.81. The van der Waals surface area contributed by atoms with Crippen molar-refractivity contribution in [3.63, 3.8) is 0 Å². The maximum absolute atomic E-state index is 10.1. The molecule has 2 atom stereocenters. The molecule has 1 rings (SSSR count). The van der Waals surface area contributed by atoms with Gasteiger partial charge in [-0.25, -0.2) is 0 Å². The summed E-state index contributed by atoms with van der Waals surface area (Å²) < 4.78 is 0. The zero-order valence-corrected chi connectivity index (χ0v) is 9.62. The van der Waals surface area contributed by atoms with Crippen LogP contribution in [-0.4, -0.2) is 5.11 Å². The van der Waals surface area contributed by atoms with E-state index in [1.165, 1.54) is 0 Å². The van der Waals surface area contributed by atoms with Crippen molar-refractivity contribution in [2.24, 2.45) is 11.8 Å². The van der Waals surface area contributed by atoms with Crippen LogP contribution in [-0.2, 0) is 0 Å². The smallest absolute Gasteiger partial charge is 0.0832 e. The highest BCUT2D eigenvalue weighted by Crippen LogP contribution is 2.31. The largest absolute Gasteiger partial charge is 0.388 e. The van der Waals surface area contributed by atoms with Gasteiger partial charge in [-0.15, -0.1) is 0 Å². The average molecular weight is 213 g/mol. The van der Waals surface area contributed by atoms with Crippen LogP contribution in [0.25, 0.3) is 0 Å². The van der Waals surface area contributed by atoms with E-state index in [9.17, 15) is 5.11 Å². The Balaban J connectivity index is 2.89. The van der Waals surface area contributed by atoms with Crippen LogP contribution in [0.1, 0.15) is 32.4 Å². The minimum absolute atomic E-state index is 0.217. The van der Waals surface area contributed by atoms with Gasteiger partial charge in [0.2, 0.25) is 0 Å². The van der Waals surface area contributed by atoms with Gasteiger partial charge in [-0.2, -0.15) is 0 Å². The molecule has 0 radical (unpaired) electrons. The third-order valence-corrected chi connectivity index (χ3v) is 3.12. The number of hydrogen-bond acceptors (Lipinski definition) is 1. The number of rotatable bonds is 3. The van der Waals surface area contributed by atoms with Crippen molar-refractivity contribution in [3.8, 4) is 0 Å². The summed E-state index contributed by atoms with van der Waals surface area (Å²) >= 11 is 6.01. The Morgan fingerprint density at radius 2 is 1.71 bits per heavy atom. The van der Waals surface area contributed by atoms with Gasteiger partial charge < -0.3 is 5.11 Å². The van der Waals surface area contributed by atoms with E-state index < -0.39 is 6.10 Å². The number of hydrogen-bond donors (Lipinski definition) is 1. The lowest BCUT2D eigenvalue weighted by atomic mass is 9.88. The van der Waals surface area contributed by atoms with E-state index in [0.717, 1.165) is 5.56 Å². The van der Waals surface area contributed by atoms with E-state index in [4.69, 9.17) is 11.6 Å². The van der Waals surface area contributed by atoms with E-state index in [1.807, 2.05) is 31.2 Å². The van der Waals surface area contributed by atoms with E-state index in [2.05, 4.69) is 13.8 Å². The Morgan fingerprint density at radius 1 is 1.14 bits per heavy atom. The summed E-state index contributed by atoms with van der Waals surface area (Å²) in [4.78, 5) is 0. The van der Waals surface area contributed by atoms with Gasteiger partial charge in [0.1, 0.15) is 0 Å². The standard InChI is InChI=1S/C12H17ClO/c1-8(2)9(3)12(14)10-6-4-5-7-11(10)13/h4-9,12,14H,1-3H3. The van der Waals surface area contributed by atoms with Gasteiger partial charge in [0.15, 0.2) is 0 Å². The van der Waals surface area contributed by atoms with Crippen LogP contribution in [0.15, 0.2) is 24.3 Å². The fourth-order valence-electron chi connectivity index (χ4n) is 1.36. The van der Waals surface area contributed by atoms with E-state index in [-0.39, 0.29) is 5.92 Å². The number of halogens is 1. The van der Waals surface area contributed by atoms with Gasteiger partial charge in [0, 0.05) is 5.02 Å². The Hall–Kier alpha value is -0.530. The molecule has 1 aromatic rings. The molecule has 0 amide bonds. The van der Waals surface area contributed by atoms with Gasteiger partial charge in [0.25, 0.3) is 0 Å². The number of aliphatic hydroxyl groups is 1. The molecule has 2 heteroatoms. The van der Waals surface area contributed by atoms with Gasteiger partial charge >= 0.3 is 0 Å². The molecule has 1 nitrogen and oxygen atoms in total. The molecule has 14 heavy (non-hydrogen) atoms. The van der Waals surface area contributed by atoms with Crippen molar-refractivity contribution in [2.75, 3.05) is 0 Å². The fourth-order valence-corrected chi connectivity index (χ4v) is 1.61. The first kappa shape index (κ1) is 11.5. The summed E-state index contributed by atoms with van der Waals surface area (Å²) in [7, 11) is 0. The lowest BCUT2D eigenvalue weighted by Crippen LogP contribution is -2.15. The van der Waals surface area contributed by atoms with Crippen LogP contribution < -0.4 is 0 Å². The molecular formula is C12H17ClO. The van der Waals surface area contributed by atoms with Gasteiger partial charge in [0.05, 0.1) is 6.10 Å². The topological polar surface area (TPSA) is 20.2 Å². The molecule has 0 spiro atoms. The predicted octanol–water partition coefficient (Wildman–Crippen LogP) is 3.67. The number of benzene rings is 1. The molecule has 0 aliphatic rings. The van der Waals surface area contributed by atoms with Crippen LogP contribution in [0.2, 0.25) is 5.02 Å². The second-order valence-corrected chi connectivity index (χ2v) is 4.48. The molecule has 0 aliphatic heterocycles. The third-order valence-electron chi connectivity index (χ3n) is 2.77. The van der Waals surface area contributed by atoms with E-state index in [0.29, 0.717) is 10.9 Å². The second-order valence-electron chi connectivity index (χ2n) is 4.07. The minimum atomic E-state index is -0.469. The molecule has 0 saturated carbocycles. The Labute approximate surface area is 90.7 Å². The quantitative estimate of drug-likeness (QED) is 0.811. The normalized spacial score (nSPS) is 15.6. The molecule has 78 valence electrons. The zero-order valence-electron chi connectivity index (χ0n) is 8.87. The van der Waals surface area contributed by atoms with Crippen molar-refractivity contribution in [1.29, 1.82) is 0 Å². The minimum Gasteiger partial charge on any atom is -0.388 e. The van der Waals surface area contributed by atoms with Crippen molar-refractivity contribution < 1.29 is 5.11 Å². The molecule has 1 N–H and O–H groups in total. The molecule has 2 unspecified atom stereocenters. The van der Waals surface area contributed by atoms with Crippen molar-refractivity contribution in [2.45, 2.75) is 26.9 Å². The van der Waals surface area contributed by atoms with E-state index in [1.54, 1.807) is 0 Å². The predicted molar refractivity (Wildman–Crippen MR) is 60.4 cm³/mol. The van der Waals surface area contributed by atoms with Crippen molar-refractivity contribution in [3.05, 3.63) is 34.9 Å². The molecule has 0 fully saturated rings. The van der Waals surface area contributed by atoms with Crippen LogP contribution in [0.4, 0.5) is 0 Å². The average Bonchev–Trinajstić information content (AvgIpc) is 2.16. The highest BCUT2D eigenvalue weighted by molar-refractivity contribution is 6.31. The van der Waals surface area contributed by atoms with E-state index >= 15 is 0 Å².